The van der Waals surface area contributed by atoms with Crippen molar-refractivity contribution in [3.8, 4) is 0 Å². The summed E-state index contributed by atoms with van der Waals surface area (Å²) in [6.45, 7) is 12.8. The van der Waals surface area contributed by atoms with Crippen LogP contribution >= 0.6 is 7.05 Å². The van der Waals surface area contributed by atoms with Crippen LogP contribution in [0, 0.1) is 20.9 Å². The molecule has 0 bridgehead atoms. The Morgan fingerprint density at radius 1 is 0.913 bits per heavy atom. The molecule has 1 aliphatic rings. The summed E-state index contributed by atoms with van der Waals surface area (Å²) < 4.78 is 0. The fourth-order valence-electron chi connectivity index (χ4n) is 2.90. The van der Waals surface area contributed by atoms with E-state index in [0.717, 1.165) is 6.42 Å². The molecule has 0 aliphatic heterocycles. The van der Waals surface area contributed by atoms with Crippen molar-refractivity contribution in [3.63, 3.8) is 0 Å². The van der Waals surface area contributed by atoms with Gasteiger partial charge in [0.25, 0.3) is 0 Å². The van der Waals surface area contributed by atoms with Gasteiger partial charge in [0.2, 0.25) is 0 Å². The van der Waals surface area contributed by atoms with Gasteiger partial charge < -0.3 is 20.0 Å². The molecule has 2 rings (SSSR count). The molecule has 1 aliphatic carbocycles. The van der Waals surface area contributed by atoms with Crippen LogP contribution in [0.1, 0.15) is 52.7 Å². The Kier molecular flexibility index (Phi) is 14.8. The summed E-state index contributed by atoms with van der Waals surface area (Å²) in [5.74, 6) is 0. The number of fused-ring (bicyclic) bond motifs is 1. The molecule has 0 N–H and O–H groups in total. The Labute approximate surface area is 161 Å². The first-order chi connectivity index (χ1) is 9.30. The van der Waals surface area contributed by atoms with Crippen LogP contribution < -0.4 is 0 Å². The molecule has 23 heavy (non-hydrogen) atoms. The molecule has 0 fully saturated rings. The van der Waals surface area contributed by atoms with Crippen LogP contribution in [0.25, 0.3) is 5.16 Å². The van der Waals surface area contributed by atoms with Crippen LogP contribution in [0.3, 0.4) is 0 Å². The fraction of sp³-hybridized carbons (Fsp3) is 0.500. The summed E-state index contributed by atoms with van der Waals surface area (Å²) in [5, 5.41) is 10.4. The first kappa shape index (κ1) is 27.7. The van der Waals surface area contributed by atoms with Gasteiger partial charge in [-0.2, -0.15) is 23.8 Å². The largest absolute Gasteiger partial charge is 4.00 e. The summed E-state index contributed by atoms with van der Waals surface area (Å²) in [4.78, 5) is 0. The summed E-state index contributed by atoms with van der Waals surface area (Å²) in [5.41, 5.74) is 4.00. The predicted octanol–water partition coefficient (Wildman–Crippen LogP) is 6.83. The number of hydrogen-bond donors (Lipinski definition) is 0. The summed E-state index contributed by atoms with van der Waals surface area (Å²) in [7, 11) is -1.69. The molecule has 0 aromatic heterocycles. The molecule has 3 heteroatoms. The number of allylic oxidation sites excluding steroid dienone is 1. The second-order valence-electron chi connectivity index (χ2n) is 6.28. The first-order valence-corrected chi connectivity index (χ1v) is 9.52. The third kappa shape index (κ3) is 7.12. The van der Waals surface area contributed by atoms with Crippen LogP contribution in [0.5, 0.6) is 0 Å². The number of rotatable bonds is 3. The Morgan fingerprint density at radius 2 is 1.35 bits per heavy atom. The zero-order valence-corrected chi connectivity index (χ0v) is 18.7. The SMILES string of the molecule is CC(C)P(=[N-])(C(C)C)C(C)C.[C-]1=CCc2ccccc21.[CH3-].[CH3-].[Ti+4]. The van der Waals surface area contributed by atoms with Gasteiger partial charge in [-0.05, 0) is 17.0 Å². The van der Waals surface area contributed by atoms with E-state index in [1.807, 2.05) is 6.07 Å². The van der Waals surface area contributed by atoms with Gasteiger partial charge in [0.05, 0.1) is 0 Å². The predicted molar refractivity (Wildman–Crippen MR) is 106 cm³/mol. The van der Waals surface area contributed by atoms with E-state index < -0.39 is 7.05 Å². The van der Waals surface area contributed by atoms with Crippen molar-refractivity contribution in [2.24, 2.45) is 0 Å². The van der Waals surface area contributed by atoms with E-state index in [9.17, 15) is 5.16 Å². The molecule has 0 amide bonds. The van der Waals surface area contributed by atoms with Crippen LogP contribution in [0.15, 0.2) is 30.3 Å². The molecule has 0 atom stereocenters. The molecule has 0 unspecified atom stereocenters. The van der Waals surface area contributed by atoms with E-state index in [-0.39, 0.29) is 36.6 Å². The van der Waals surface area contributed by atoms with Crippen LogP contribution in [-0.2, 0) is 28.1 Å². The average Bonchev–Trinajstić information content (AvgIpc) is 2.85. The van der Waals surface area contributed by atoms with Gasteiger partial charge in [-0.1, -0.05) is 54.0 Å². The molecule has 0 heterocycles. The van der Waals surface area contributed by atoms with Crippen molar-refractivity contribution < 1.29 is 21.7 Å². The Morgan fingerprint density at radius 3 is 1.70 bits per heavy atom. The minimum atomic E-state index is -1.69. The molecule has 0 radical (unpaired) electrons. The van der Waals surface area contributed by atoms with Gasteiger partial charge in [0, 0.05) is 0 Å². The van der Waals surface area contributed by atoms with E-state index in [1.165, 1.54) is 11.1 Å². The molecular weight excluding hydrogens is 333 g/mol. The molecule has 1 aromatic carbocycles. The molecule has 0 saturated carbocycles. The third-order valence-corrected chi connectivity index (χ3v) is 9.04. The Bertz CT molecular complexity index is 476. The van der Waals surface area contributed by atoms with Crippen molar-refractivity contribution in [2.45, 2.75) is 64.9 Å². The smallest absolute Gasteiger partial charge is 0.807 e. The number of nitrogens with zero attached hydrogens (tertiary/aromatic N) is 1. The standard InChI is InChI=1S/C9H21NP.C9H7.2CH3.Ti/c1-7(2)11(10,8(3)4)9(5)6;1-2-5-9-7-3-6-8(9)4-1;;;/h7-9H,1-6H3;1-5H,6H2;2*1H3;/q4*-1;+4. The topological polar surface area (TPSA) is 22.3 Å². The van der Waals surface area contributed by atoms with E-state index in [0.29, 0.717) is 17.0 Å². The Balaban J connectivity index is -0.000000310. The van der Waals surface area contributed by atoms with E-state index in [4.69, 9.17) is 0 Å². The molecule has 128 valence electrons. The zero-order chi connectivity index (χ0) is 15.3. The number of benzene rings is 1. The normalized spacial score (nSPS) is 11.9. The maximum Gasteiger partial charge on any atom is 4.00 e. The van der Waals surface area contributed by atoms with E-state index in [1.54, 1.807) is 0 Å². The average molecular weight is 367 g/mol. The molecular formula is C20H34NPTi. The molecule has 1 nitrogen and oxygen atoms in total. The van der Waals surface area contributed by atoms with Gasteiger partial charge in [-0.25, -0.2) is 7.05 Å². The van der Waals surface area contributed by atoms with Crippen molar-refractivity contribution in [1.82, 2.24) is 0 Å². The minimum Gasteiger partial charge on any atom is -0.807 e. The summed E-state index contributed by atoms with van der Waals surface area (Å²) in [6, 6.07) is 8.36. The molecule has 1 aromatic rings. The van der Waals surface area contributed by atoms with Gasteiger partial charge in [-0.15, -0.1) is 17.7 Å². The minimum absolute atomic E-state index is 0. The summed E-state index contributed by atoms with van der Waals surface area (Å²) in [6.07, 6.45) is 6.31. The molecule has 0 saturated heterocycles. The van der Waals surface area contributed by atoms with E-state index >= 15 is 0 Å². The van der Waals surface area contributed by atoms with Gasteiger partial charge >= 0.3 is 21.7 Å². The van der Waals surface area contributed by atoms with Crippen molar-refractivity contribution >= 4 is 7.05 Å². The third-order valence-electron chi connectivity index (χ3n) is 4.08. The Hall–Kier alpha value is -0.0957. The van der Waals surface area contributed by atoms with E-state index in [2.05, 4.69) is 71.9 Å². The quantitative estimate of drug-likeness (QED) is 0.317. The van der Waals surface area contributed by atoms with Crippen LogP contribution in [0.4, 0.5) is 0 Å². The fourth-order valence-corrected chi connectivity index (χ4v) is 6.48. The zero-order valence-electron chi connectivity index (χ0n) is 16.2. The maximum atomic E-state index is 10.4. The maximum absolute atomic E-state index is 10.4. The number of hydrogen-bond acceptors (Lipinski definition) is 0. The van der Waals surface area contributed by atoms with Crippen molar-refractivity contribution in [2.75, 3.05) is 0 Å². The van der Waals surface area contributed by atoms with Crippen molar-refractivity contribution in [3.05, 3.63) is 67.6 Å². The first-order valence-electron chi connectivity index (χ1n) is 7.57. The van der Waals surface area contributed by atoms with Gasteiger partial charge in [0.15, 0.2) is 0 Å². The van der Waals surface area contributed by atoms with Gasteiger partial charge in [-0.3, -0.25) is 0 Å². The van der Waals surface area contributed by atoms with Crippen molar-refractivity contribution in [1.29, 1.82) is 0 Å². The second kappa shape index (κ2) is 12.3. The van der Waals surface area contributed by atoms with Crippen LogP contribution in [-0.4, -0.2) is 17.0 Å². The van der Waals surface area contributed by atoms with Gasteiger partial charge in [0.1, 0.15) is 0 Å². The monoisotopic (exact) mass is 367 g/mol. The summed E-state index contributed by atoms with van der Waals surface area (Å²) >= 11 is 0. The second-order valence-corrected chi connectivity index (χ2v) is 11.0. The molecule has 0 spiro atoms. The van der Waals surface area contributed by atoms with Crippen LogP contribution in [0.2, 0.25) is 0 Å².